The number of aromatic amines is 1. The summed E-state index contributed by atoms with van der Waals surface area (Å²) in [5, 5.41) is 7.02. The van der Waals surface area contributed by atoms with Crippen LogP contribution < -0.4 is 21.5 Å². The third-order valence-corrected chi connectivity index (χ3v) is 17.0. The lowest BCUT2D eigenvalue weighted by atomic mass is 9.77. The highest BCUT2D eigenvalue weighted by Crippen LogP contribution is 2.34. The molecule has 2 aliphatic rings. The lowest BCUT2D eigenvalue weighted by molar-refractivity contribution is -0.150. The van der Waals surface area contributed by atoms with Gasteiger partial charge in [-0.2, -0.15) is 0 Å². The fourth-order valence-electron chi connectivity index (χ4n) is 12.0. The maximum absolute atomic E-state index is 14.6. The van der Waals surface area contributed by atoms with Crippen molar-refractivity contribution in [1.29, 1.82) is 0 Å². The van der Waals surface area contributed by atoms with Crippen molar-refractivity contribution in [2.45, 2.75) is 182 Å². The van der Waals surface area contributed by atoms with Gasteiger partial charge in [-0.05, 0) is 98.9 Å². The number of esters is 1. The van der Waals surface area contributed by atoms with Gasteiger partial charge in [-0.25, -0.2) is 4.79 Å². The van der Waals surface area contributed by atoms with E-state index < -0.39 is 54.2 Å². The maximum Gasteiger partial charge on any atom is 0.329 e. The zero-order chi connectivity index (χ0) is 62.3. The molecule has 1 saturated heterocycles. The molecule has 85 heavy (non-hydrogen) atoms. The Kier molecular flexibility index (Phi) is 27.9. The number of fused-ring (bicyclic) bond motifs is 1. The van der Waals surface area contributed by atoms with Gasteiger partial charge in [-0.15, -0.1) is 0 Å². The number of amides is 7. The summed E-state index contributed by atoms with van der Waals surface area (Å²) in [6.07, 6.45) is 8.78. The number of methoxy groups -OCH3 is 2. The van der Waals surface area contributed by atoms with Crippen molar-refractivity contribution >= 4 is 64.0 Å². The van der Waals surface area contributed by atoms with Gasteiger partial charge < -0.3 is 34.7 Å². The number of para-hydroxylation sites is 1. The number of nitrogens with one attached hydrogen (secondary N) is 5. The number of Topliss-reactive ketones (excluding diaryl/α,β-unsaturated/α-hetero) is 1. The van der Waals surface area contributed by atoms with Crippen LogP contribution in [-0.4, -0.2) is 150 Å². The standard InChI is InChI=1S/C65H96N8O12/c1-12-44(7)49(35-43(6)36-53(74)60(41(2)3)68-64(81)61(42(4)5)71(9)32-22-29-56(76)70-69-55(75)28-17-14-20-33-73-57(77)30-31-58(73)78)54(83-10)38-59(79)72-34-21-27-52(72)62(84-11)45(8)63(80)67-51(65(82)85-40-46-23-15-13-16-24-46)37-47-39-66-50-26-19-18-25-48(47)50/h13,15-16,18-19,23-26,30-31,39,41-45,49,51-52,54,60-62,66H,12,14,17,20-22,27-29,32-38,40H2,1-11H3,(H,67,80)(H,68,81)(H,69,75)(H,70,76)/t43?,44-,45+,49-,51-,52-,54+,60-,61-,62+/m0/s1. The molecule has 3 heterocycles. The van der Waals surface area contributed by atoms with E-state index >= 15 is 0 Å². The van der Waals surface area contributed by atoms with Crippen LogP contribution in [0.1, 0.15) is 144 Å². The van der Waals surface area contributed by atoms with Crippen molar-refractivity contribution in [3.63, 3.8) is 0 Å². The van der Waals surface area contributed by atoms with Gasteiger partial charge in [0, 0.05) is 82.2 Å². The van der Waals surface area contributed by atoms with E-state index in [4.69, 9.17) is 14.2 Å². The van der Waals surface area contributed by atoms with Crippen molar-refractivity contribution in [3.05, 3.63) is 84.1 Å². The second kappa shape index (κ2) is 34.4. The molecule has 20 heteroatoms. The summed E-state index contributed by atoms with van der Waals surface area (Å²) in [7, 11) is 4.97. The third kappa shape index (κ3) is 20.4. The van der Waals surface area contributed by atoms with Gasteiger partial charge in [-0.1, -0.05) is 117 Å². The van der Waals surface area contributed by atoms with Gasteiger partial charge in [0.15, 0.2) is 5.78 Å². The summed E-state index contributed by atoms with van der Waals surface area (Å²) >= 11 is 0. The number of hydrogen-bond acceptors (Lipinski definition) is 13. The first-order valence-electron chi connectivity index (χ1n) is 30.6. The number of ether oxygens (including phenoxy) is 3. The zero-order valence-corrected chi connectivity index (χ0v) is 52.1. The van der Waals surface area contributed by atoms with E-state index in [1.165, 1.54) is 12.2 Å². The molecule has 20 nitrogen and oxygen atoms in total. The van der Waals surface area contributed by atoms with Crippen molar-refractivity contribution < 1.29 is 57.4 Å². The Hall–Kier alpha value is -6.77. The third-order valence-electron chi connectivity index (χ3n) is 17.0. The van der Waals surface area contributed by atoms with E-state index in [1.807, 2.05) is 112 Å². The molecule has 0 aliphatic carbocycles. The number of aromatic nitrogens is 1. The van der Waals surface area contributed by atoms with Crippen LogP contribution in [0.25, 0.3) is 10.9 Å². The van der Waals surface area contributed by atoms with Crippen LogP contribution in [-0.2, 0) is 70.4 Å². The molecular formula is C65H96N8O12. The first-order chi connectivity index (χ1) is 40.6. The van der Waals surface area contributed by atoms with Gasteiger partial charge in [0.1, 0.15) is 12.6 Å². The van der Waals surface area contributed by atoms with Crippen molar-refractivity contribution in [2.75, 3.05) is 40.9 Å². The van der Waals surface area contributed by atoms with Crippen LogP contribution >= 0.6 is 0 Å². The van der Waals surface area contributed by atoms with Crippen molar-refractivity contribution in [1.82, 2.24) is 41.2 Å². The lowest BCUT2D eigenvalue weighted by Gasteiger charge is -2.37. The van der Waals surface area contributed by atoms with Crippen LogP contribution in [0.15, 0.2) is 72.9 Å². The Balaban J connectivity index is 1.13. The molecule has 7 amide bonds. The monoisotopic (exact) mass is 1180 g/mol. The highest BCUT2D eigenvalue weighted by molar-refractivity contribution is 6.12. The summed E-state index contributed by atoms with van der Waals surface area (Å²) in [6.45, 7) is 16.9. The van der Waals surface area contributed by atoms with Crippen LogP contribution in [0.5, 0.6) is 0 Å². The molecule has 1 fully saturated rings. The van der Waals surface area contributed by atoms with Crippen LogP contribution in [0, 0.1) is 35.5 Å². The van der Waals surface area contributed by atoms with Crippen molar-refractivity contribution in [2.24, 2.45) is 35.5 Å². The number of carbonyl (C=O) groups is 9. The Bertz CT molecular complexity index is 2710. The average Bonchev–Trinajstić information content (AvgIpc) is 3.84. The number of nitrogens with zero attached hydrogens (tertiary/aromatic N) is 3. The molecule has 5 N–H and O–H groups in total. The molecule has 2 aliphatic heterocycles. The predicted octanol–water partition coefficient (Wildman–Crippen LogP) is 7.14. The highest BCUT2D eigenvalue weighted by Gasteiger charge is 2.42. The molecule has 0 radical (unpaired) electrons. The van der Waals surface area contributed by atoms with E-state index in [2.05, 4.69) is 40.3 Å². The number of likely N-dealkylation sites (N-methyl/N-ethyl adjacent to an activating group) is 1. The molecule has 10 atom stereocenters. The number of benzene rings is 2. The Morgan fingerprint density at radius 2 is 1.42 bits per heavy atom. The minimum absolute atomic E-state index is 0.0469. The molecule has 468 valence electrons. The van der Waals surface area contributed by atoms with E-state index in [0.717, 1.165) is 33.4 Å². The zero-order valence-electron chi connectivity index (χ0n) is 52.1. The van der Waals surface area contributed by atoms with Gasteiger partial charge in [0.2, 0.25) is 29.5 Å². The number of imide groups is 1. The number of hydrazine groups is 1. The minimum atomic E-state index is -1.01. The summed E-state index contributed by atoms with van der Waals surface area (Å²) in [5.74, 6) is -4.00. The van der Waals surface area contributed by atoms with Gasteiger partial charge in [0.25, 0.3) is 11.8 Å². The molecule has 0 bridgehead atoms. The lowest BCUT2D eigenvalue weighted by Crippen LogP contribution is -2.54. The molecule has 0 spiro atoms. The summed E-state index contributed by atoms with van der Waals surface area (Å²) in [4.78, 5) is 128. The molecule has 1 aromatic heterocycles. The number of likely N-dealkylation sites (tertiary alicyclic amines) is 1. The minimum Gasteiger partial charge on any atom is -0.459 e. The van der Waals surface area contributed by atoms with E-state index in [1.54, 1.807) is 21.1 Å². The normalized spacial score (nSPS) is 17.6. The van der Waals surface area contributed by atoms with Crippen molar-refractivity contribution in [3.8, 4) is 0 Å². The fourth-order valence-corrected chi connectivity index (χ4v) is 12.0. The number of H-pyrrole nitrogens is 1. The smallest absolute Gasteiger partial charge is 0.329 e. The van der Waals surface area contributed by atoms with Gasteiger partial charge in [0.05, 0.1) is 42.7 Å². The first-order valence-corrected chi connectivity index (χ1v) is 30.6. The summed E-state index contributed by atoms with van der Waals surface area (Å²) in [5.41, 5.74) is 7.46. The fraction of sp³-hybridized carbons (Fsp3) is 0.615. The summed E-state index contributed by atoms with van der Waals surface area (Å²) < 4.78 is 18.0. The van der Waals surface area contributed by atoms with Crippen LogP contribution in [0.2, 0.25) is 0 Å². The molecular weight excluding hydrogens is 1080 g/mol. The highest BCUT2D eigenvalue weighted by atomic mass is 16.5. The number of hydrogen-bond donors (Lipinski definition) is 5. The average molecular weight is 1180 g/mol. The molecule has 0 saturated carbocycles. The number of rotatable bonds is 36. The van der Waals surface area contributed by atoms with E-state index in [9.17, 15) is 43.2 Å². The first kappa shape index (κ1) is 69.0. The molecule has 1 unspecified atom stereocenters. The summed E-state index contributed by atoms with van der Waals surface area (Å²) in [6, 6.07) is 14.4. The molecule has 3 aromatic rings. The number of unbranched alkanes of at least 4 members (excludes halogenated alkanes) is 2. The molecule has 5 rings (SSSR count). The topological polar surface area (TPSA) is 255 Å². The Morgan fingerprint density at radius 3 is 2.06 bits per heavy atom. The second-order valence-corrected chi connectivity index (χ2v) is 24.1. The Morgan fingerprint density at radius 1 is 0.765 bits per heavy atom. The van der Waals surface area contributed by atoms with E-state index in [0.29, 0.717) is 64.6 Å². The van der Waals surface area contributed by atoms with Crippen LogP contribution in [0.4, 0.5) is 0 Å². The number of carbonyl (C=O) groups excluding carboxylic acids is 9. The number of ketones is 1. The van der Waals surface area contributed by atoms with Gasteiger partial charge >= 0.3 is 5.97 Å². The predicted molar refractivity (Wildman–Crippen MR) is 325 cm³/mol. The van der Waals surface area contributed by atoms with E-state index in [-0.39, 0.29) is 110 Å². The molecule has 2 aromatic carbocycles. The SMILES string of the molecule is CC[C@H](C)[C@H](CC(C)CC(=O)[C@@H](NC(=O)[C@H](C(C)C)N(C)CCCC(=O)NNC(=O)CCCCCN1C(=O)C=CC1=O)C(C)C)[C@@H](CC(=O)N1CCC[C@H]1[C@H](OC)[C@@H](C)C(=O)N[C@@H](Cc1c[nH]c2ccccc12)C(=O)OCc1ccccc1)OC. The second-order valence-electron chi connectivity index (χ2n) is 24.1. The van der Waals surface area contributed by atoms with Gasteiger partial charge in [-0.3, -0.25) is 59.0 Å². The quantitative estimate of drug-likeness (QED) is 0.0168. The largest absolute Gasteiger partial charge is 0.459 e. The maximum atomic E-state index is 14.6. The Labute approximate surface area is 503 Å². The van der Waals surface area contributed by atoms with Crippen LogP contribution in [0.3, 0.4) is 0 Å².